The van der Waals surface area contributed by atoms with Gasteiger partial charge in [-0.25, -0.2) is 34.1 Å². The van der Waals surface area contributed by atoms with Crippen LogP contribution in [0.3, 0.4) is 0 Å². The van der Waals surface area contributed by atoms with Crippen LogP contribution < -0.4 is 66.9 Å². The smallest absolute Gasteiger partial charge is 0.335 e. The van der Waals surface area contributed by atoms with Gasteiger partial charge < -0.3 is 96.6 Å². The molecule has 8 rings (SSSR count). The summed E-state index contributed by atoms with van der Waals surface area (Å²) in [7, 11) is 8.11. The van der Waals surface area contributed by atoms with E-state index in [1.54, 1.807) is 36.4 Å². The van der Waals surface area contributed by atoms with E-state index in [9.17, 15) is 19.2 Å². The number of pyridine rings is 2. The normalized spacial score (nSPS) is 13.0. The number of nitrogens with one attached hydrogen (secondary N) is 7. The van der Waals surface area contributed by atoms with Gasteiger partial charge in [-0.15, -0.1) is 24.8 Å². The lowest BCUT2D eigenvalue weighted by Gasteiger charge is -2.26. The number of carbonyl (C=O) groups excluding carboxylic acids is 3. The molecule has 1 atom stereocenters. The zero-order chi connectivity index (χ0) is 69.6. The molecule has 6 heterocycles. The fourth-order valence-electron chi connectivity index (χ4n) is 11.0. The number of halogens is 4. The van der Waals surface area contributed by atoms with Gasteiger partial charge in [-0.05, 0) is 134 Å². The number of aliphatic hydroxyl groups is 2. The molecule has 0 spiro atoms. The number of carboxylic acid groups (broad SMARTS) is 1. The van der Waals surface area contributed by atoms with Crippen molar-refractivity contribution in [1.82, 2.24) is 39.7 Å². The van der Waals surface area contributed by atoms with E-state index < -0.39 is 5.97 Å². The number of likely N-dealkylation sites (N-methyl/N-ethyl adjacent to an activating group) is 2. The Morgan fingerprint density at radius 1 is 0.660 bits per heavy atom. The average Bonchev–Trinajstić information content (AvgIpc) is 1.56. The number of anilines is 4. The highest BCUT2D eigenvalue weighted by Crippen LogP contribution is 2.33. The Morgan fingerprint density at radius 3 is 1.64 bits per heavy atom. The van der Waals surface area contributed by atoms with E-state index >= 15 is 0 Å². The number of carbonyl (C=O) groups is 4. The van der Waals surface area contributed by atoms with Gasteiger partial charge in [0.1, 0.15) is 6.54 Å². The van der Waals surface area contributed by atoms with E-state index in [1.165, 1.54) is 17.0 Å². The minimum atomic E-state index is -1.000. The number of aliphatic imine (C=N–C) groups is 2. The Bertz CT molecular complexity index is 3360. The molecule has 2 aliphatic heterocycles. The molecule has 6 aromatic rings. The highest BCUT2D eigenvalue weighted by molar-refractivity contribution is 5.97. The predicted octanol–water partition coefficient (Wildman–Crippen LogP) is 0.198. The Kier molecular flexibility index (Phi) is 47.1. The molecule has 560 valence electrons. The second-order valence-corrected chi connectivity index (χ2v) is 24.4. The number of aryl methyl sites for hydroxylation is 4. The summed E-state index contributed by atoms with van der Waals surface area (Å²) in [4.78, 5) is 70.0. The number of hydrogen-bond donors (Lipinski definition) is 11. The molecular weight excluding hydrogens is 1360 g/mol. The standard InChI is InChI=1S/C34H51N7O4.C16H25N5O.C12H16N2O4.C8H17N3.4ClH/c1-4-30-28(32(38-27-16-21-45-22-17-27)29-24-36-41(5-2)33(29)39-30)23-35-34(44)25-12-14-26(15-13-25)37-31(43)11-9-7-6-8-10-18-40(3)19-20-42;1-3-14-12(9-17)15(19-11-5-7-22-8-6-11)13-10-18-21(4-2)16(13)20-14;1-14(6-7-15)8-11(16)13-10-4-2-9(3-5-10)12(17)18;1-4-9-8-10-6-5-7-11(2)3;;;;/h12-15,24,27,42H,4-11,16-23H2,1-3H3,(H,35,44)(H,37,43)(H,38,39);10-11H,3-9,17H2,1-2H3,(H,19,20);2-5,15H,6-8H2,1H3,(H,13,16)(H,17,18);4-7H2,1-3H3;4*1H. The highest BCUT2D eigenvalue weighted by Gasteiger charge is 2.24. The highest BCUT2D eigenvalue weighted by atomic mass is 35.5. The molecule has 1 unspecified atom stereocenters. The van der Waals surface area contributed by atoms with Crippen molar-refractivity contribution in [2.75, 3.05) is 135 Å². The average molecular weight is 1480 g/mol. The number of ether oxygens (including phenoxy) is 2. The van der Waals surface area contributed by atoms with Crippen LogP contribution >= 0.6 is 24.8 Å². The number of rotatable bonds is 34. The summed E-state index contributed by atoms with van der Waals surface area (Å²) in [6.07, 6.45) is 16.1. The lowest BCUT2D eigenvalue weighted by Crippen LogP contribution is -3.10. The van der Waals surface area contributed by atoms with E-state index in [0.29, 0.717) is 55.6 Å². The maximum Gasteiger partial charge on any atom is 0.335 e. The predicted molar refractivity (Wildman–Crippen MR) is 394 cm³/mol. The number of nitrogens with zero attached hydrogens (tertiary/aromatic N) is 9. The largest absolute Gasteiger partial charge is 1.00 e. The molecule has 26 nitrogen and oxygen atoms in total. The zero-order valence-corrected chi connectivity index (χ0v) is 63.3. The lowest BCUT2D eigenvalue weighted by molar-refractivity contribution is -0.871. The molecule has 2 fully saturated rings. The van der Waals surface area contributed by atoms with Crippen LogP contribution in [0.4, 0.5) is 22.7 Å². The maximum atomic E-state index is 13.2. The monoisotopic (exact) mass is 1480 g/mol. The molecule has 2 aromatic carbocycles. The summed E-state index contributed by atoms with van der Waals surface area (Å²) in [5.41, 5.74) is 16.0. The third-order valence-electron chi connectivity index (χ3n) is 16.5. The number of unbranched alkanes of at least 4 members (excludes halogenated alkanes) is 4. The molecule has 3 amide bonds. The SMILES string of the molecule is CCN=C=NCCC[NH+](C)C.CCc1nc2c(cnn2CC)c(NC2CCOCC2)c1CN.CCc1nc2c(cnn2CC)c(NC2CCOCC2)c1CNC(=O)c1ccc(NC(=O)CCCCCCCN(C)CCO)cc1.C[NH+](CCO)CC(=O)Nc1ccc(C(=O)O)cc1.Cl.Cl.[Cl-].[Cl-]. The van der Waals surface area contributed by atoms with Crippen molar-refractivity contribution in [3.63, 3.8) is 0 Å². The van der Waals surface area contributed by atoms with Crippen molar-refractivity contribution in [3.05, 3.63) is 94.6 Å². The van der Waals surface area contributed by atoms with Crippen LogP contribution in [0.2, 0.25) is 0 Å². The topological polar surface area (TPSA) is 332 Å². The Labute approximate surface area is 615 Å². The second kappa shape index (κ2) is 51.5. The van der Waals surface area contributed by atoms with Gasteiger partial charge in [0, 0.05) is 130 Å². The summed E-state index contributed by atoms with van der Waals surface area (Å²) in [6, 6.07) is 16.4. The van der Waals surface area contributed by atoms with Gasteiger partial charge in [0.2, 0.25) is 5.91 Å². The van der Waals surface area contributed by atoms with Crippen molar-refractivity contribution in [2.45, 2.75) is 156 Å². The second-order valence-electron chi connectivity index (χ2n) is 24.4. The molecule has 4 aromatic heterocycles. The lowest BCUT2D eigenvalue weighted by atomic mass is 10.0. The Morgan fingerprint density at radius 2 is 1.16 bits per heavy atom. The molecule has 0 bridgehead atoms. The molecule has 2 aliphatic rings. The third-order valence-corrected chi connectivity index (χ3v) is 16.5. The van der Waals surface area contributed by atoms with Gasteiger partial charge in [-0.2, -0.15) is 10.2 Å². The minimum Gasteiger partial charge on any atom is -1.00 e. The number of benzene rings is 2. The number of aromatic nitrogens is 6. The van der Waals surface area contributed by atoms with Gasteiger partial charge in [0.15, 0.2) is 17.8 Å². The zero-order valence-electron chi connectivity index (χ0n) is 60.1. The summed E-state index contributed by atoms with van der Waals surface area (Å²) < 4.78 is 14.9. The first-order chi connectivity index (χ1) is 46.5. The number of aliphatic hydroxyl groups excluding tert-OH is 2. The van der Waals surface area contributed by atoms with Crippen LogP contribution in [-0.4, -0.2) is 205 Å². The molecule has 100 heavy (non-hydrogen) atoms. The van der Waals surface area contributed by atoms with E-state index in [4.69, 9.17) is 40.5 Å². The molecule has 12 N–H and O–H groups in total. The first-order valence-corrected chi connectivity index (χ1v) is 34.5. The van der Waals surface area contributed by atoms with Crippen LogP contribution in [0.1, 0.15) is 148 Å². The number of nitrogens with two attached hydrogens (primary N) is 1. The molecule has 30 heteroatoms. The van der Waals surface area contributed by atoms with Gasteiger partial charge in [-0.3, -0.25) is 14.4 Å². The van der Waals surface area contributed by atoms with Crippen molar-refractivity contribution >= 4 is 99.3 Å². The quantitative estimate of drug-likeness (QED) is 0.0190. The Hall–Kier alpha value is -6.62. The fourth-order valence-corrected chi connectivity index (χ4v) is 11.0. The number of aromatic carboxylic acids is 1. The number of hydrogen-bond acceptors (Lipinski definition) is 18. The van der Waals surface area contributed by atoms with Crippen LogP contribution in [0.25, 0.3) is 22.1 Å². The van der Waals surface area contributed by atoms with Crippen LogP contribution in [0.15, 0.2) is 70.9 Å². The van der Waals surface area contributed by atoms with E-state index in [1.807, 2.05) is 42.8 Å². The van der Waals surface area contributed by atoms with Crippen LogP contribution in [0, 0.1) is 0 Å². The minimum absolute atomic E-state index is 0. The van der Waals surface area contributed by atoms with Gasteiger partial charge in [0.05, 0.1) is 93.6 Å². The maximum absolute atomic E-state index is 13.2. The van der Waals surface area contributed by atoms with Crippen molar-refractivity contribution in [2.24, 2.45) is 15.7 Å². The van der Waals surface area contributed by atoms with Crippen LogP contribution in [-0.2, 0) is 58.1 Å². The fraction of sp³-hybridized carbons (Fsp3) is 0.586. The van der Waals surface area contributed by atoms with E-state index in [0.717, 1.165) is 204 Å². The van der Waals surface area contributed by atoms with Crippen LogP contribution in [0.5, 0.6) is 0 Å². The van der Waals surface area contributed by atoms with E-state index in [-0.39, 0.29) is 98.7 Å². The van der Waals surface area contributed by atoms with E-state index in [2.05, 4.69) is 99.5 Å². The molecule has 0 radical (unpaired) electrons. The van der Waals surface area contributed by atoms with Gasteiger partial charge in [0.25, 0.3) is 11.8 Å². The molecular formula is C70H113Cl4N17O9. The number of amides is 3. The van der Waals surface area contributed by atoms with Gasteiger partial charge >= 0.3 is 5.97 Å². The molecule has 2 saturated heterocycles. The van der Waals surface area contributed by atoms with Crippen molar-refractivity contribution < 1.29 is 78.6 Å². The summed E-state index contributed by atoms with van der Waals surface area (Å²) in [6.45, 7) is 21.3. The number of quaternary nitrogens is 2. The summed E-state index contributed by atoms with van der Waals surface area (Å²) >= 11 is 0. The third kappa shape index (κ3) is 31.3. The molecule has 0 aliphatic carbocycles. The number of carboxylic acids is 1. The molecule has 0 saturated carbocycles. The van der Waals surface area contributed by atoms with Crippen molar-refractivity contribution in [1.29, 1.82) is 0 Å². The Balaban J connectivity index is 0.000000756. The van der Waals surface area contributed by atoms with Crippen molar-refractivity contribution in [3.8, 4) is 0 Å². The number of fused-ring (bicyclic) bond motifs is 2. The first kappa shape index (κ1) is 91.4. The summed E-state index contributed by atoms with van der Waals surface area (Å²) in [5, 5.41) is 53.6. The first-order valence-electron chi connectivity index (χ1n) is 34.5. The van der Waals surface area contributed by atoms with Gasteiger partial charge in [-0.1, -0.05) is 33.1 Å². The summed E-state index contributed by atoms with van der Waals surface area (Å²) in [5.74, 6) is -1.37.